The van der Waals surface area contributed by atoms with Crippen LogP contribution in [0.4, 0.5) is 17.1 Å². The van der Waals surface area contributed by atoms with Crippen LogP contribution in [0.1, 0.15) is 22.3 Å². The lowest BCUT2D eigenvalue weighted by Crippen LogP contribution is -2.26. The van der Waals surface area contributed by atoms with Gasteiger partial charge in [-0.3, -0.25) is 0 Å². The summed E-state index contributed by atoms with van der Waals surface area (Å²) in [5, 5.41) is 0. The van der Waals surface area contributed by atoms with Crippen LogP contribution < -0.4 is 4.90 Å². The van der Waals surface area contributed by atoms with Crippen LogP contribution >= 0.6 is 0 Å². The Kier molecular flexibility index (Phi) is 7.47. The highest BCUT2D eigenvalue weighted by Crippen LogP contribution is 2.64. The third-order valence-corrected chi connectivity index (χ3v) is 11.9. The Labute approximate surface area is 328 Å². The Balaban J connectivity index is 1.11. The second-order valence-electron chi connectivity index (χ2n) is 14.8. The number of hydrogen-bond donors (Lipinski definition) is 0. The number of anilines is 3. The van der Waals surface area contributed by atoms with Crippen LogP contribution in [-0.2, 0) is 5.41 Å². The van der Waals surface area contributed by atoms with Crippen LogP contribution in [-0.4, -0.2) is 0 Å². The molecule has 11 rings (SSSR count). The zero-order chi connectivity index (χ0) is 37.1. The molecule has 0 unspecified atom stereocenters. The van der Waals surface area contributed by atoms with Gasteiger partial charge in [0.2, 0.25) is 0 Å². The minimum atomic E-state index is -0.411. The van der Waals surface area contributed by atoms with E-state index < -0.39 is 5.41 Å². The average molecular weight is 712 g/mol. The van der Waals surface area contributed by atoms with Crippen LogP contribution in [0, 0.1) is 0 Å². The number of fused-ring (bicyclic) bond motifs is 10. The highest BCUT2D eigenvalue weighted by molar-refractivity contribution is 6.01. The first-order chi connectivity index (χ1) is 27.8. The summed E-state index contributed by atoms with van der Waals surface area (Å²) in [5.74, 6) is 0. The van der Waals surface area contributed by atoms with E-state index in [9.17, 15) is 0 Å². The lowest BCUT2D eigenvalue weighted by atomic mass is 9.70. The maximum atomic E-state index is 2.46. The third kappa shape index (κ3) is 4.88. The molecule has 0 saturated carbocycles. The van der Waals surface area contributed by atoms with Gasteiger partial charge in [0.05, 0.1) is 11.1 Å². The number of rotatable bonds is 6. The van der Waals surface area contributed by atoms with Crippen molar-refractivity contribution in [1.82, 2.24) is 0 Å². The Morgan fingerprint density at radius 1 is 0.268 bits per heavy atom. The summed E-state index contributed by atoms with van der Waals surface area (Å²) in [4.78, 5) is 2.46. The van der Waals surface area contributed by atoms with E-state index in [0.717, 1.165) is 11.4 Å². The van der Waals surface area contributed by atoms with Crippen molar-refractivity contribution in [2.45, 2.75) is 5.41 Å². The summed E-state index contributed by atoms with van der Waals surface area (Å²) >= 11 is 0. The van der Waals surface area contributed by atoms with Crippen molar-refractivity contribution >= 4 is 17.1 Å². The molecule has 0 N–H and O–H groups in total. The largest absolute Gasteiger partial charge is 0.310 e. The molecule has 56 heavy (non-hydrogen) atoms. The summed E-state index contributed by atoms with van der Waals surface area (Å²) in [6.07, 6.45) is 0. The van der Waals surface area contributed by atoms with E-state index in [0.29, 0.717) is 0 Å². The molecule has 0 saturated heterocycles. The van der Waals surface area contributed by atoms with E-state index in [1.807, 2.05) is 0 Å². The van der Waals surface area contributed by atoms with Crippen molar-refractivity contribution in [2.24, 2.45) is 0 Å². The lowest BCUT2D eigenvalue weighted by Gasteiger charge is -2.32. The monoisotopic (exact) mass is 711 g/mol. The molecule has 1 nitrogen and oxygen atoms in total. The minimum Gasteiger partial charge on any atom is -0.310 e. The standard InChI is InChI=1S/C55H37N/c1-3-15-38(16-4-1)40-29-33-44(34-30-40)56(45-35-31-41(32-36-45)43-20-13-19-42(37-43)39-17-5-2-6-18-39)53-28-14-27-52-54(53)48-23-9-12-26-51(48)55(52)49-24-10-7-21-46(49)47-22-8-11-25-50(47)55/h1-37H. The van der Waals surface area contributed by atoms with E-state index >= 15 is 0 Å². The Morgan fingerprint density at radius 3 is 1.20 bits per heavy atom. The predicted octanol–water partition coefficient (Wildman–Crippen LogP) is 14.5. The highest BCUT2D eigenvalue weighted by atomic mass is 15.1. The molecule has 1 spiro atoms. The first-order valence-electron chi connectivity index (χ1n) is 19.4. The maximum Gasteiger partial charge on any atom is 0.0726 e. The first kappa shape index (κ1) is 32.2. The fourth-order valence-electron chi connectivity index (χ4n) is 9.48. The summed E-state index contributed by atoms with van der Waals surface area (Å²) < 4.78 is 0. The average Bonchev–Trinajstić information content (AvgIpc) is 3.76. The quantitative estimate of drug-likeness (QED) is 0.166. The van der Waals surface area contributed by atoms with Crippen molar-refractivity contribution in [1.29, 1.82) is 0 Å². The number of nitrogens with zero attached hydrogens (tertiary/aromatic N) is 1. The highest BCUT2D eigenvalue weighted by Gasteiger charge is 2.52. The molecule has 2 aliphatic rings. The molecule has 262 valence electrons. The van der Waals surface area contributed by atoms with Gasteiger partial charge >= 0.3 is 0 Å². The summed E-state index contributed by atoms with van der Waals surface area (Å²) in [6, 6.07) is 82.3. The SMILES string of the molecule is c1ccc(-c2ccc(N(c3ccc(-c4cccc(-c5ccccc5)c4)cc3)c3cccc4c3-c3ccccc3C43c4ccccc4-c4ccccc43)cc2)cc1. The molecule has 0 atom stereocenters. The zero-order valence-electron chi connectivity index (χ0n) is 30.8. The van der Waals surface area contributed by atoms with Gasteiger partial charge in [-0.05, 0) is 109 Å². The van der Waals surface area contributed by atoms with Gasteiger partial charge in [0.1, 0.15) is 0 Å². The lowest BCUT2D eigenvalue weighted by molar-refractivity contribution is 0.794. The second-order valence-corrected chi connectivity index (χ2v) is 14.8. The van der Waals surface area contributed by atoms with Gasteiger partial charge in [-0.2, -0.15) is 0 Å². The minimum absolute atomic E-state index is 0.411. The van der Waals surface area contributed by atoms with Gasteiger partial charge in [-0.25, -0.2) is 0 Å². The Morgan fingerprint density at radius 2 is 0.643 bits per heavy atom. The van der Waals surface area contributed by atoms with Gasteiger partial charge in [0.25, 0.3) is 0 Å². The summed E-state index contributed by atoms with van der Waals surface area (Å²) in [5.41, 5.74) is 20.8. The molecule has 0 amide bonds. The Hall–Kier alpha value is -7.22. The molecular formula is C55H37N. The van der Waals surface area contributed by atoms with Gasteiger partial charge in [0, 0.05) is 16.9 Å². The maximum absolute atomic E-state index is 2.46. The molecule has 1 heteroatoms. The first-order valence-corrected chi connectivity index (χ1v) is 19.4. The van der Waals surface area contributed by atoms with E-state index in [1.165, 1.54) is 83.6 Å². The van der Waals surface area contributed by atoms with Gasteiger partial charge in [0.15, 0.2) is 0 Å². The van der Waals surface area contributed by atoms with Gasteiger partial charge in [-0.15, -0.1) is 0 Å². The van der Waals surface area contributed by atoms with Crippen molar-refractivity contribution in [2.75, 3.05) is 4.90 Å². The molecule has 0 radical (unpaired) electrons. The van der Waals surface area contributed by atoms with E-state index in [-0.39, 0.29) is 0 Å². The van der Waals surface area contributed by atoms with Crippen molar-refractivity contribution in [3.63, 3.8) is 0 Å². The number of hydrogen-bond acceptors (Lipinski definition) is 1. The van der Waals surface area contributed by atoms with Crippen LogP contribution in [0.25, 0.3) is 55.6 Å². The number of benzene rings is 9. The van der Waals surface area contributed by atoms with Crippen molar-refractivity contribution in [3.05, 3.63) is 247 Å². The zero-order valence-corrected chi connectivity index (χ0v) is 30.8. The van der Waals surface area contributed by atoms with Crippen LogP contribution in [0.3, 0.4) is 0 Å². The molecule has 0 bridgehead atoms. The van der Waals surface area contributed by atoms with Crippen LogP contribution in [0.15, 0.2) is 224 Å². The smallest absolute Gasteiger partial charge is 0.0726 e. The topological polar surface area (TPSA) is 3.24 Å². The fourth-order valence-corrected chi connectivity index (χ4v) is 9.48. The molecule has 0 heterocycles. The molecule has 2 aliphatic carbocycles. The third-order valence-electron chi connectivity index (χ3n) is 11.9. The molecule has 9 aromatic carbocycles. The molecule has 0 aromatic heterocycles. The summed E-state index contributed by atoms with van der Waals surface area (Å²) in [7, 11) is 0. The van der Waals surface area contributed by atoms with E-state index in [2.05, 4.69) is 229 Å². The fraction of sp³-hybridized carbons (Fsp3) is 0.0182. The summed E-state index contributed by atoms with van der Waals surface area (Å²) in [6.45, 7) is 0. The van der Waals surface area contributed by atoms with Crippen molar-refractivity contribution in [3.8, 4) is 55.6 Å². The van der Waals surface area contributed by atoms with Crippen molar-refractivity contribution < 1.29 is 0 Å². The normalized spacial score (nSPS) is 12.8. The molecule has 9 aromatic rings. The molecule has 0 fully saturated rings. The van der Waals surface area contributed by atoms with E-state index in [4.69, 9.17) is 0 Å². The van der Waals surface area contributed by atoms with Gasteiger partial charge < -0.3 is 4.90 Å². The second kappa shape index (κ2) is 13.0. The molecular weight excluding hydrogens is 675 g/mol. The van der Waals surface area contributed by atoms with E-state index in [1.54, 1.807) is 0 Å². The van der Waals surface area contributed by atoms with Gasteiger partial charge in [-0.1, -0.05) is 188 Å². The van der Waals surface area contributed by atoms with Crippen LogP contribution in [0.5, 0.6) is 0 Å². The van der Waals surface area contributed by atoms with Crippen LogP contribution in [0.2, 0.25) is 0 Å². The predicted molar refractivity (Wildman–Crippen MR) is 234 cm³/mol. The molecule has 0 aliphatic heterocycles. The Bertz CT molecular complexity index is 2840.